The van der Waals surface area contributed by atoms with Crippen molar-refractivity contribution in [2.45, 2.75) is 25.3 Å². The fourth-order valence-electron chi connectivity index (χ4n) is 3.60. The summed E-state index contributed by atoms with van der Waals surface area (Å²) in [6, 6.07) is 10.0. The van der Waals surface area contributed by atoms with Crippen molar-refractivity contribution >= 4 is 33.2 Å². The molecule has 6 nitrogen and oxygen atoms in total. The third-order valence-electron chi connectivity index (χ3n) is 4.78. The molecule has 1 saturated heterocycles. The van der Waals surface area contributed by atoms with Gasteiger partial charge in [-0.3, -0.25) is 9.59 Å². The summed E-state index contributed by atoms with van der Waals surface area (Å²) in [5.41, 5.74) is 5.32. The van der Waals surface area contributed by atoms with Gasteiger partial charge in [-0.25, -0.2) is 4.98 Å². The van der Waals surface area contributed by atoms with Crippen LogP contribution in [0.3, 0.4) is 0 Å². The molecule has 1 aliphatic rings. The van der Waals surface area contributed by atoms with Crippen LogP contribution in [0.4, 0.5) is 0 Å². The van der Waals surface area contributed by atoms with Gasteiger partial charge in [0.2, 0.25) is 5.91 Å². The zero-order valence-electron chi connectivity index (χ0n) is 14.3. The van der Waals surface area contributed by atoms with Crippen LogP contribution in [-0.2, 0) is 11.3 Å². The summed E-state index contributed by atoms with van der Waals surface area (Å²) in [6.45, 7) is 1.49. The molecule has 1 aliphatic heterocycles. The molecule has 1 unspecified atom stereocenters. The second-order valence-corrected chi connectivity index (χ2v) is 7.70. The van der Waals surface area contributed by atoms with E-state index in [0.717, 1.165) is 40.2 Å². The number of thiophene rings is 1. The molecule has 1 atom stereocenters. The van der Waals surface area contributed by atoms with E-state index < -0.39 is 5.91 Å². The minimum Gasteiger partial charge on any atom is -0.368 e. The summed E-state index contributed by atoms with van der Waals surface area (Å²) in [6.07, 6.45) is 5.33. The van der Waals surface area contributed by atoms with Crippen LogP contribution in [0.1, 0.15) is 34.3 Å². The number of hydrogen-bond acceptors (Lipinski definition) is 4. The van der Waals surface area contributed by atoms with E-state index in [1.807, 2.05) is 35.2 Å². The van der Waals surface area contributed by atoms with Crippen LogP contribution < -0.4 is 5.73 Å². The predicted molar refractivity (Wildman–Crippen MR) is 101 cm³/mol. The van der Waals surface area contributed by atoms with Crippen LogP contribution in [0.25, 0.3) is 10.1 Å². The van der Waals surface area contributed by atoms with Crippen LogP contribution in [0, 0.1) is 0 Å². The van der Waals surface area contributed by atoms with Crippen LogP contribution >= 0.6 is 11.3 Å². The van der Waals surface area contributed by atoms with Gasteiger partial charge in [0.1, 0.15) is 12.4 Å². The lowest BCUT2D eigenvalue weighted by Gasteiger charge is -2.32. The van der Waals surface area contributed by atoms with Gasteiger partial charge < -0.3 is 15.2 Å². The number of amides is 2. The first-order chi connectivity index (χ1) is 12.6. The molecule has 26 heavy (non-hydrogen) atoms. The van der Waals surface area contributed by atoms with Crippen molar-refractivity contribution in [2.24, 2.45) is 5.73 Å². The number of aromatic nitrogens is 2. The van der Waals surface area contributed by atoms with Crippen molar-refractivity contribution in [1.29, 1.82) is 0 Å². The SMILES string of the molecule is NC(=O)Cn1ccnc1C1CCCN(C(=O)c2cc3ccccc3s2)C1. The van der Waals surface area contributed by atoms with Gasteiger partial charge in [-0.05, 0) is 30.4 Å². The number of primary amides is 1. The number of fused-ring (bicyclic) bond motifs is 1. The van der Waals surface area contributed by atoms with Gasteiger partial charge >= 0.3 is 0 Å². The van der Waals surface area contributed by atoms with E-state index in [4.69, 9.17) is 5.73 Å². The Morgan fingerprint density at radius 3 is 2.96 bits per heavy atom. The number of carbonyl (C=O) groups excluding carboxylic acids is 2. The van der Waals surface area contributed by atoms with E-state index in [2.05, 4.69) is 4.98 Å². The van der Waals surface area contributed by atoms with E-state index in [0.29, 0.717) is 6.54 Å². The molecular formula is C19H20N4O2S. The molecule has 0 radical (unpaired) electrons. The number of carbonyl (C=O) groups is 2. The molecule has 1 fully saturated rings. The fraction of sp³-hybridized carbons (Fsp3) is 0.316. The number of piperidine rings is 1. The number of rotatable bonds is 4. The molecule has 0 bridgehead atoms. The number of likely N-dealkylation sites (tertiary alicyclic amines) is 1. The zero-order valence-corrected chi connectivity index (χ0v) is 15.1. The maximum absolute atomic E-state index is 13.0. The van der Waals surface area contributed by atoms with Crippen molar-refractivity contribution in [2.75, 3.05) is 13.1 Å². The Hall–Kier alpha value is -2.67. The lowest BCUT2D eigenvalue weighted by atomic mass is 9.97. The van der Waals surface area contributed by atoms with Crippen LogP contribution in [0.5, 0.6) is 0 Å². The first-order valence-corrected chi connectivity index (χ1v) is 9.50. The lowest BCUT2D eigenvalue weighted by Crippen LogP contribution is -2.39. The van der Waals surface area contributed by atoms with Gasteiger partial charge in [0.15, 0.2) is 0 Å². The standard InChI is InChI=1S/C19H20N4O2S/c20-17(24)12-22-9-7-21-18(22)14-5-3-8-23(11-14)19(25)16-10-13-4-1-2-6-15(13)26-16/h1-2,4,6-7,9-10,14H,3,5,8,11-12H2,(H2,20,24). The summed E-state index contributed by atoms with van der Waals surface area (Å²) in [5.74, 6) is 0.635. The number of hydrogen-bond donors (Lipinski definition) is 1. The maximum atomic E-state index is 13.0. The quantitative estimate of drug-likeness (QED) is 0.768. The second kappa shape index (κ2) is 6.92. The summed E-state index contributed by atoms with van der Waals surface area (Å²) in [5, 5.41) is 1.10. The molecular weight excluding hydrogens is 348 g/mol. The largest absolute Gasteiger partial charge is 0.368 e. The monoisotopic (exact) mass is 368 g/mol. The first-order valence-electron chi connectivity index (χ1n) is 8.69. The molecule has 2 N–H and O–H groups in total. The van der Waals surface area contributed by atoms with E-state index in [1.54, 1.807) is 17.0 Å². The zero-order chi connectivity index (χ0) is 18.1. The van der Waals surface area contributed by atoms with Crippen LogP contribution in [0.2, 0.25) is 0 Å². The molecule has 0 aliphatic carbocycles. The third kappa shape index (κ3) is 3.22. The van der Waals surface area contributed by atoms with Crippen molar-refractivity contribution in [1.82, 2.24) is 14.5 Å². The first kappa shape index (κ1) is 16.8. The summed E-state index contributed by atoms with van der Waals surface area (Å²) in [4.78, 5) is 31.3. The van der Waals surface area contributed by atoms with Gasteiger partial charge in [-0.1, -0.05) is 18.2 Å². The van der Waals surface area contributed by atoms with Gasteiger partial charge in [-0.15, -0.1) is 11.3 Å². The Kier molecular flexibility index (Phi) is 4.46. The Balaban J connectivity index is 1.54. The van der Waals surface area contributed by atoms with Gasteiger partial charge in [-0.2, -0.15) is 0 Å². The molecule has 3 heterocycles. The minimum atomic E-state index is -0.390. The topological polar surface area (TPSA) is 81.2 Å². The maximum Gasteiger partial charge on any atom is 0.263 e. The third-order valence-corrected chi connectivity index (χ3v) is 5.89. The summed E-state index contributed by atoms with van der Waals surface area (Å²) >= 11 is 1.54. The highest BCUT2D eigenvalue weighted by Crippen LogP contribution is 2.30. The highest BCUT2D eigenvalue weighted by molar-refractivity contribution is 7.20. The highest BCUT2D eigenvalue weighted by Gasteiger charge is 2.28. The van der Waals surface area contributed by atoms with E-state index in [1.165, 1.54) is 11.3 Å². The van der Waals surface area contributed by atoms with Crippen molar-refractivity contribution in [3.8, 4) is 0 Å². The molecule has 0 spiro atoms. The molecule has 3 aromatic rings. The number of imidazole rings is 1. The second-order valence-electron chi connectivity index (χ2n) is 6.62. The molecule has 134 valence electrons. The van der Waals surface area contributed by atoms with Crippen molar-refractivity contribution in [3.63, 3.8) is 0 Å². The van der Waals surface area contributed by atoms with Crippen LogP contribution in [-0.4, -0.2) is 39.4 Å². The Bertz CT molecular complexity index is 928. The van der Waals surface area contributed by atoms with E-state index >= 15 is 0 Å². The van der Waals surface area contributed by atoms with Gasteiger partial charge in [0.05, 0.1) is 4.88 Å². The number of benzene rings is 1. The molecule has 7 heteroatoms. The highest BCUT2D eigenvalue weighted by atomic mass is 32.1. The number of nitrogens with two attached hydrogens (primary N) is 1. The average molecular weight is 368 g/mol. The summed E-state index contributed by atoms with van der Waals surface area (Å²) < 4.78 is 2.92. The predicted octanol–water partition coefficient (Wildman–Crippen LogP) is 2.60. The van der Waals surface area contributed by atoms with Gasteiger partial charge in [0, 0.05) is 36.1 Å². The molecule has 0 saturated carbocycles. The fourth-order valence-corrected chi connectivity index (χ4v) is 4.63. The minimum absolute atomic E-state index is 0.0731. The van der Waals surface area contributed by atoms with Crippen molar-refractivity contribution in [3.05, 3.63) is 53.4 Å². The smallest absolute Gasteiger partial charge is 0.263 e. The number of nitrogens with zero attached hydrogens (tertiary/aromatic N) is 3. The normalized spacial score (nSPS) is 17.5. The Morgan fingerprint density at radius 1 is 1.31 bits per heavy atom. The Labute approximate surface area is 155 Å². The lowest BCUT2D eigenvalue weighted by molar-refractivity contribution is -0.118. The Morgan fingerprint density at radius 2 is 2.15 bits per heavy atom. The molecule has 2 amide bonds. The molecule has 4 rings (SSSR count). The van der Waals surface area contributed by atoms with Gasteiger partial charge in [0.25, 0.3) is 5.91 Å². The molecule has 1 aromatic carbocycles. The van der Waals surface area contributed by atoms with E-state index in [-0.39, 0.29) is 18.4 Å². The van der Waals surface area contributed by atoms with E-state index in [9.17, 15) is 9.59 Å². The average Bonchev–Trinajstić information content (AvgIpc) is 3.27. The summed E-state index contributed by atoms with van der Waals surface area (Å²) in [7, 11) is 0. The van der Waals surface area contributed by atoms with Crippen LogP contribution in [0.15, 0.2) is 42.7 Å². The van der Waals surface area contributed by atoms with Crippen molar-refractivity contribution < 1.29 is 9.59 Å². The molecule has 2 aromatic heterocycles.